The van der Waals surface area contributed by atoms with Gasteiger partial charge >= 0.3 is 6.18 Å². The molecule has 1 rings (SSSR count). The van der Waals surface area contributed by atoms with Gasteiger partial charge in [0.15, 0.2) is 0 Å². The van der Waals surface area contributed by atoms with E-state index in [2.05, 4.69) is 0 Å². The zero-order valence-electron chi connectivity index (χ0n) is 11.3. The van der Waals surface area contributed by atoms with Crippen molar-refractivity contribution in [2.24, 2.45) is 5.73 Å². The largest absolute Gasteiger partial charge is 0.402 e. The van der Waals surface area contributed by atoms with Crippen LogP contribution >= 0.6 is 0 Å². The average molecular weight is 313 g/mol. The van der Waals surface area contributed by atoms with Gasteiger partial charge in [0.1, 0.15) is 11.4 Å². The second-order valence-corrected chi connectivity index (χ2v) is 6.14. The van der Waals surface area contributed by atoms with Crippen LogP contribution in [0.3, 0.4) is 0 Å². The minimum Gasteiger partial charge on any atom is -0.349 e. The lowest BCUT2D eigenvalue weighted by atomic mass is 10.4. The third kappa shape index (κ3) is 3.74. The number of hydrogen-bond acceptors (Lipinski definition) is 3. The van der Waals surface area contributed by atoms with Crippen LogP contribution in [0.1, 0.15) is 19.5 Å². The maximum atomic E-state index is 12.4. The minimum absolute atomic E-state index is 0.120. The standard InChI is InChI=1S/C11H18F3N3O2S/c1-3-16-7-10(5-9(16)6-15)20(18,19)17(4-2)8-11(12,13)14/h5,7H,3-4,6,8,15H2,1-2H3. The average Bonchev–Trinajstić information content (AvgIpc) is 2.78. The summed E-state index contributed by atoms with van der Waals surface area (Å²) in [4.78, 5) is -0.161. The second kappa shape index (κ2) is 6.15. The molecule has 5 nitrogen and oxygen atoms in total. The van der Waals surface area contributed by atoms with Gasteiger partial charge in [-0.15, -0.1) is 0 Å². The maximum Gasteiger partial charge on any atom is 0.402 e. The van der Waals surface area contributed by atoms with Crippen LogP contribution in [0, 0.1) is 0 Å². The molecule has 1 aromatic rings. The Kier molecular flexibility index (Phi) is 5.22. The van der Waals surface area contributed by atoms with Crippen molar-refractivity contribution in [3.63, 3.8) is 0 Å². The van der Waals surface area contributed by atoms with Gasteiger partial charge in [0.05, 0.1) is 0 Å². The summed E-state index contributed by atoms with van der Waals surface area (Å²) in [7, 11) is -4.17. The van der Waals surface area contributed by atoms with Crippen LogP contribution in [0.25, 0.3) is 0 Å². The molecule has 0 spiro atoms. The summed E-state index contributed by atoms with van der Waals surface area (Å²) in [5, 5.41) is 0. The van der Waals surface area contributed by atoms with E-state index >= 15 is 0 Å². The molecular formula is C11H18F3N3O2S. The van der Waals surface area contributed by atoms with Gasteiger partial charge in [-0.25, -0.2) is 8.42 Å². The van der Waals surface area contributed by atoms with E-state index in [1.54, 1.807) is 11.5 Å². The van der Waals surface area contributed by atoms with Crippen molar-refractivity contribution < 1.29 is 21.6 Å². The lowest BCUT2D eigenvalue weighted by molar-refractivity contribution is -0.135. The van der Waals surface area contributed by atoms with Gasteiger partial charge in [0.25, 0.3) is 0 Å². The number of sulfonamides is 1. The zero-order chi connectivity index (χ0) is 15.6. The van der Waals surface area contributed by atoms with Crippen molar-refractivity contribution in [1.29, 1.82) is 0 Å². The number of aromatic nitrogens is 1. The quantitative estimate of drug-likeness (QED) is 0.866. The van der Waals surface area contributed by atoms with E-state index in [-0.39, 0.29) is 18.0 Å². The fourth-order valence-corrected chi connectivity index (χ4v) is 3.35. The summed E-state index contributed by atoms with van der Waals surface area (Å²) >= 11 is 0. The topological polar surface area (TPSA) is 68.3 Å². The van der Waals surface area contributed by atoms with Gasteiger partial charge in [-0.1, -0.05) is 6.92 Å². The molecule has 0 saturated heterocycles. The number of rotatable bonds is 6. The van der Waals surface area contributed by atoms with Crippen molar-refractivity contribution in [2.75, 3.05) is 13.1 Å². The number of alkyl halides is 3. The predicted octanol–water partition coefficient (Wildman–Crippen LogP) is 1.54. The van der Waals surface area contributed by atoms with Gasteiger partial charge in [0, 0.05) is 31.5 Å². The Morgan fingerprint density at radius 2 is 1.95 bits per heavy atom. The molecule has 1 heterocycles. The summed E-state index contributed by atoms with van der Waals surface area (Å²) < 4.78 is 63.7. The van der Waals surface area contributed by atoms with Crippen LogP contribution < -0.4 is 5.73 Å². The van der Waals surface area contributed by atoms with Crippen molar-refractivity contribution in [3.05, 3.63) is 18.0 Å². The Hall–Kier alpha value is -1.06. The molecule has 20 heavy (non-hydrogen) atoms. The first-order chi connectivity index (χ1) is 9.15. The van der Waals surface area contributed by atoms with Gasteiger partial charge in [-0.3, -0.25) is 0 Å². The molecule has 0 bridgehead atoms. The Morgan fingerprint density at radius 1 is 1.35 bits per heavy atom. The van der Waals surface area contributed by atoms with Gasteiger partial charge in [-0.2, -0.15) is 17.5 Å². The smallest absolute Gasteiger partial charge is 0.349 e. The van der Waals surface area contributed by atoms with E-state index in [1.807, 2.05) is 0 Å². The van der Waals surface area contributed by atoms with Crippen LogP contribution in [0.4, 0.5) is 13.2 Å². The third-order valence-electron chi connectivity index (χ3n) is 2.86. The number of aryl methyl sites for hydroxylation is 1. The van der Waals surface area contributed by atoms with Crippen molar-refractivity contribution in [3.8, 4) is 0 Å². The first-order valence-electron chi connectivity index (χ1n) is 6.11. The monoisotopic (exact) mass is 313 g/mol. The van der Waals surface area contributed by atoms with Gasteiger partial charge in [-0.05, 0) is 13.0 Å². The van der Waals surface area contributed by atoms with E-state index in [1.165, 1.54) is 19.2 Å². The van der Waals surface area contributed by atoms with Crippen LogP contribution in [0.5, 0.6) is 0 Å². The summed E-state index contributed by atoms with van der Waals surface area (Å²) in [5.41, 5.74) is 6.05. The molecule has 0 aliphatic heterocycles. The fraction of sp³-hybridized carbons (Fsp3) is 0.636. The number of hydrogen-bond donors (Lipinski definition) is 1. The molecular weight excluding hydrogens is 295 g/mol. The summed E-state index contributed by atoms with van der Waals surface area (Å²) in [6.45, 7) is 2.02. The lowest BCUT2D eigenvalue weighted by Crippen LogP contribution is -2.38. The van der Waals surface area contributed by atoms with E-state index in [0.717, 1.165) is 0 Å². The Bertz CT molecular complexity index is 530. The zero-order valence-corrected chi connectivity index (χ0v) is 12.1. The first kappa shape index (κ1) is 17.0. The molecule has 116 valence electrons. The summed E-state index contributed by atoms with van der Waals surface area (Å²) in [6, 6.07) is 1.32. The van der Waals surface area contributed by atoms with Crippen LogP contribution in [0.2, 0.25) is 0 Å². The van der Waals surface area contributed by atoms with E-state index in [0.29, 0.717) is 16.5 Å². The number of halogens is 3. The normalized spacial score (nSPS) is 13.2. The van der Waals surface area contributed by atoms with Gasteiger partial charge < -0.3 is 10.3 Å². The minimum atomic E-state index is -4.58. The molecule has 9 heteroatoms. The maximum absolute atomic E-state index is 12.4. The summed E-state index contributed by atoms with van der Waals surface area (Å²) in [5.74, 6) is 0. The first-order valence-corrected chi connectivity index (χ1v) is 7.55. The molecule has 2 N–H and O–H groups in total. The highest BCUT2D eigenvalue weighted by atomic mass is 32.2. The molecule has 0 unspecified atom stereocenters. The molecule has 0 fully saturated rings. The fourth-order valence-electron chi connectivity index (χ4n) is 1.85. The Morgan fingerprint density at radius 3 is 2.30 bits per heavy atom. The predicted molar refractivity (Wildman–Crippen MR) is 68.5 cm³/mol. The molecule has 1 aromatic heterocycles. The summed E-state index contributed by atoms with van der Waals surface area (Å²) in [6.07, 6.45) is -3.26. The highest BCUT2D eigenvalue weighted by Gasteiger charge is 2.36. The van der Waals surface area contributed by atoms with E-state index in [4.69, 9.17) is 5.73 Å². The molecule has 0 aliphatic carbocycles. The van der Waals surface area contributed by atoms with Crippen molar-refractivity contribution >= 4 is 10.0 Å². The number of nitrogens with zero attached hydrogens (tertiary/aromatic N) is 2. The second-order valence-electron chi connectivity index (χ2n) is 4.20. The van der Waals surface area contributed by atoms with Crippen LogP contribution in [0.15, 0.2) is 17.2 Å². The molecule has 0 atom stereocenters. The SMILES string of the molecule is CCN(CC(F)(F)F)S(=O)(=O)c1cc(CN)n(CC)c1. The lowest BCUT2D eigenvalue weighted by Gasteiger charge is -2.21. The Labute approximate surface area is 116 Å². The van der Waals surface area contributed by atoms with E-state index < -0.39 is 22.7 Å². The van der Waals surface area contributed by atoms with Crippen LogP contribution in [-0.2, 0) is 23.1 Å². The highest BCUT2D eigenvalue weighted by Crippen LogP contribution is 2.23. The Balaban J connectivity index is 3.17. The molecule has 0 saturated carbocycles. The number of nitrogens with two attached hydrogens (primary N) is 1. The molecule has 0 aromatic carbocycles. The third-order valence-corrected chi connectivity index (χ3v) is 4.74. The van der Waals surface area contributed by atoms with E-state index in [9.17, 15) is 21.6 Å². The van der Waals surface area contributed by atoms with Crippen molar-refractivity contribution in [1.82, 2.24) is 8.87 Å². The van der Waals surface area contributed by atoms with Crippen molar-refractivity contribution in [2.45, 2.75) is 38.0 Å². The van der Waals surface area contributed by atoms with Crippen LogP contribution in [-0.4, -0.2) is 36.6 Å². The molecule has 0 aliphatic rings. The highest BCUT2D eigenvalue weighted by molar-refractivity contribution is 7.89. The molecule has 0 amide bonds. The molecule has 0 radical (unpaired) electrons. The van der Waals surface area contributed by atoms with Gasteiger partial charge in [0.2, 0.25) is 10.0 Å².